The molecule has 0 atom stereocenters. The molecular weight excluding hydrogens is 548 g/mol. The first kappa shape index (κ1) is 32.0. The number of azo groups is 2. The van der Waals surface area contributed by atoms with Crippen molar-refractivity contribution in [3.8, 4) is 0 Å². The first-order valence-electron chi connectivity index (χ1n) is 14.9. The van der Waals surface area contributed by atoms with Crippen LogP contribution in [0.5, 0.6) is 0 Å². The van der Waals surface area contributed by atoms with Crippen LogP contribution >= 0.6 is 0 Å². The molecule has 2 heterocycles. The molecule has 0 amide bonds. The molecule has 0 bridgehead atoms. The van der Waals surface area contributed by atoms with Crippen molar-refractivity contribution in [3.63, 3.8) is 0 Å². The molecule has 0 saturated carbocycles. The Kier molecular flexibility index (Phi) is 12.1. The monoisotopic (exact) mass is 593 g/mol. The third-order valence-electron chi connectivity index (χ3n) is 7.00. The predicted molar refractivity (Wildman–Crippen MR) is 178 cm³/mol. The molecule has 44 heavy (non-hydrogen) atoms. The van der Waals surface area contributed by atoms with Gasteiger partial charge in [-0.25, -0.2) is 9.14 Å². The molecule has 2 aromatic carbocycles. The first-order chi connectivity index (χ1) is 21.4. The molecule has 10 nitrogen and oxygen atoms in total. The minimum Gasteiger partial charge on any atom is -0.378 e. The third kappa shape index (κ3) is 10.1. The number of hydrogen-bond donors (Lipinski definition) is 1. The number of hydrogen-bond acceptors (Lipinski definition) is 7. The second-order valence-corrected chi connectivity index (χ2v) is 10.9. The lowest BCUT2D eigenvalue weighted by Crippen LogP contribution is -2.78. The lowest BCUT2D eigenvalue weighted by molar-refractivity contribution is -0.692. The maximum Gasteiger partial charge on any atom is 0.350 e. The van der Waals surface area contributed by atoms with E-state index in [1.807, 2.05) is 107 Å². The molecule has 0 aliphatic carbocycles. The van der Waals surface area contributed by atoms with E-state index in [2.05, 4.69) is 87.6 Å². The van der Waals surface area contributed by atoms with Crippen LogP contribution < -0.4 is 19.7 Å². The summed E-state index contributed by atoms with van der Waals surface area (Å²) in [7, 11) is 10.2. The van der Waals surface area contributed by atoms with E-state index in [1.165, 1.54) is 0 Å². The molecular formula is C34H45N10+3. The van der Waals surface area contributed by atoms with Gasteiger partial charge in [0.05, 0.1) is 48.5 Å². The van der Waals surface area contributed by atoms with E-state index in [9.17, 15) is 0 Å². The minimum absolute atomic E-state index is 0.759. The number of quaternary nitrogens is 1. The SMILES string of the molecule is CN(C=C[NH2+]CCC[n+]1ccccc1N=Nc1ccc(N(C)C)cc1)CC=[N+]1CC=CC=C1N=Nc1ccc(N(C)C)cc1. The number of nitrogens with zero attached hydrogens (tertiary/aromatic N) is 9. The van der Waals surface area contributed by atoms with Crippen molar-refractivity contribution in [1.82, 2.24) is 4.90 Å². The number of pyridine rings is 1. The lowest BCUT2D eigenvalue weighted by Gasteiger charge is -2.11. The van der Waals surface area contributed by atoms with Crippen LogP contribution in [0, 0.1) is 0 Å². The molecule has 10 heteroatoms. The molecule has 4 rings (SSSR count). The van der Waals surface area contributed by atoms with Gasteiger partial charge in [0.1, 0.15) is 24.1 Å². The number of allylic oxidation sites excluding steroid dienone is 2. The number of aryl methyl sites for hydroxylation is 1. The second-order valence-electron chi connectivity index (χ2n) is 10.9. The van der Waals surface area contributed by atoms with Gasteiger partial charge in [-0.05, 0) is 70.9 Å². The van der Waals surface area contributed by atoms with Crippen LogP contribution in [0.1, 0.15) is 6.42 Å². The van der Waals surface area contributed by atoms with Crippen molar-refractivity contribution < 1.29 is 14.5 Å². The maximum atomic E-state index is 4.51. The van der Waals surface area contributed by atoms with Gasteiger partial charge in [0, 0.05) is 65.2 Å². The number of benzene rings is 2. The third-order valence-corrected chi connectivity index (χ3v) is 7.00. The van der Waals surface area contributed by atoms with Crippen molar-refractivity contribution in [2.75, 3.05) is 64.7 Å². The van der Waals surface area contributed by atoms with Gasteiger partial charge in [-0.3, -0.25) is 0 Å². The number of aromatic nitrogens is 1. The fourth-order valence-electron chi connectivity index (χ4n) is 4.35. The number of nitrogens with two attached hydrogens (primary N) is 1. The summed E-state index contributed by atoms with van der Waals surface area (Å²) in [4.78, 5) is 6.28. The van der Waals surface area contributed by atoms with Crippen LogP contribution in [0.25, 0.3) is 0 Å². The highest BCUT2D eigenvalue weighted by atomic mass is 15.2. The highest BCUT2D eigenvalue weighted by Gasteiger charge is 2.14. The van der Waals surface area contributed by atoms with Crippen LogP contribution in [0.4, 0.5) is 28.6 Å². The summed E-state index contributed by atoms with van der Waals surface area (Å²) in [5, 5.41) is 20.1. The topological polar surface area (TPSA) is 82.7 Å². The average molecular weight is 594 g/mol. The Balaban J connectivity index is 1.21. The van der Waals surface area contributed by atoms with Crippen molar-refractivity contribution >= 4 is 34.8 Å². The van der Waals surface area contributed by atoms with Gasteiger partial charge in [0.15, 0.2) is 0 Å². The van der Waals surface area contributed by atoms with Crippen LogP contribution in [0.15, 0.2) is 130 Å². The van der Waals surface area contributed by atoms with Crippen molar-refractivity contribution in [1.29, 1.82) is 0 Å². The normalized spacial score (nSPS) is 14.2. The average Bonchev–Trinajstić information content (AvgIpc) is 3.04. The number of rotatable bonds is 14. The summed E-state index contributed by atoms with van der Waals surface area (Å²) in [6, 6.07) is 22.1. The van der Waals surface area contributed by atoms with E-state index in [4.69, 9.17) is 0 Å². The summed E-state index contributed by atoms with van der Waals surface area (Å²) in [6.45, 7) is 3.37. The smallest absolute Gasteiger partial charge is 0.350 e. The summed E-state index contributed by atoms with van der Waals surface area (Å²) in [5.41, 5.74) is 3.95. The van der Waals surface area contributed by atoms with E-state index >= 15 is 0 Å². The van der Waals surface area contributed by atoms with E-state index in [0.29, 0.717) is 0 Å². The van der Waals surface area contributed by atoms with Gasteiger partial charge < -0.3 is 20.0 Å². The van der Waals surface area contributed by atoms with E-state index < -0.39 is 0 Å². The molecule has 0 spiro atoms. The molecule has 1 aliphatic rings. The van der Waals surface area contributed by atoms with Crippen LogP contribution in [0.2, 0.25) is 0 Å². The summed E-state index contributed by atoms with van der Waals surface area (Å²) < 4.78 is 4.27. The minimum atomic E-state index is 0.759. The summed E-state index contributed by atoms with van der Waals surface area (Å²) in [5.74, 6) is 1.67. The molecule has 0 radical (unpaired) electrons. The molecule has 0 unspecified atom stereocenters. The summed E-state index contributed by atoms with van der Waals surface area (Å²) in [6.07, 6.45) is 15.6. The zero-order valence-electron chi connectivity index (χ0n) is 26.5. The highest BCUT2D eigenvalue weighted by Crippen LogP contribution is 2.21. The molecule has 2 N–H and O–H groups in total. The van der Waals surface area contributed by atoms with Crippen LogP contribution in [-0.2, 0) is 6.54 Å². The van der Waals surface area contributed by atoms with Gasteiger partial charge in [-0.15, -0.1) is 0 Å². The Morgan fingerprint density at radius 2 is 1.45 bits per heavy atom. The van der Waals surface area contributed by atoms with Crippen molar-refractivity contribution in [3.05, 3.63) is 109 Å². The Morgan fingerprint density at radius 3 is 2.11 bits per heavy atom. The Labute approximate surface area is 261 Å². The van der Waals surface area contributed by atoms with Gasteiger partial charge in [-0.1, -0.05) is 12.1 Å². The lowest BCUT2D eigenvalue weighted by atomic mass is 10.3. The Morgan fingerprint density at radius 1 is 0.795 bits per heavy atom. The Bertz CT molecular complexity index is 1510. The molecule has 3 aromatic rings. The van der Waals surface area contributed by atoms with Gasteiger partial charge in [0.2, 0.25) is 0 Å². The standard InChI is InChI=1S/C34H44N10/c1-40(2)31-17-13-29(14-18-31)36-38-33-11-6-8-23-43(33)25-10-21-35-22-26-42(5)27-28-44-24-9-7-12-34(44)39-37-30-15-19-32(20-16-30)41(3)4/h6-9,11-20,22-23,26,28,35H,10,21,24-25,27H2,1-5H3/q+2/p+1. The Hall–Kier alpha value is -4.96. The summed E-state index contributed by atoms with van der Waals surface area (Å²) >= 11 is 0. The van der Waals surface area contributed by atoms with Gasteiger partial charge >= 0.3 is 11.6 Å². The van der Waals surface area contributed by atoms with E-state index in [1.54, 1.807) is 0 Å². The fourth-order valence-corrected chi connectivity index (χ4v) is 4.35. The van der Waals surface area contributed by atoms with Crippen molar-refractivity contribution in [2.24, 2.45) is 20.5 Å². The van der Waals surface area contributed by atoms with Crippen LogP contribution in [-0.4, -0.2) is 70.6 Å². The number of anilines is 2. The predicted octanol–water partition coefficient (Wildman–Crippen LogP) is 5.16. The highest BCUT2D eigenvalue weighted by molar-refractivity contribution is 5.55. The first-order valence-corrected chi connectivity index (χ1v) is 14.9. The van der Waals surface area contributed by atoms with Gasteiger partial charge in [0.25, 0.3) is 0 Å². The second kappa shape index (κ2) is 16.6. The molecule has 228 valence electrons. The van der Waals surface area contributed by atoms with E-state index in [0.717, 1.165) is 67.0 Å². The maximum absolute atomic E-state index is 4.51. The molecule has 0 fully saturated rings. The molecule has 1 aliphatic heterocycles. The largest absolute Gasteiger partial charge is 0.378 e. The van der Waals surface area contributed by atoms with Crippen LogP contribution in [0.3, 0.4) is 0 Å². The molecule has 1 aromatic heterocycles. The van der Waals surface area contributed by atoms with E-state index in [-0.39, 0.29) is 0 Å². The zero-order valence-corrected chi connectivity index (χ0v) is 26.5. The molecule has 0 saturated heterocycles. The van der Waals surface area contributed by atoms with Crippen molar-refractivity contribution in [2.45, 2.75) is 13.0 Å². The zero-order chi connectivity index (χ0) is 31.1. The quantitative estimate of drug-likeness (QED) is 0.159. The fraction of sp³-hybridized carbons (Fsp3) is 0.294. The van der Waals surface area contributed by atoms with Gasteiger partial charge in [-0.2, -0.15) is 0 Å².